The summed E-state index contributed by atoms with van der Waals surface area (Å²) in [5.74, 6) is 0. The first-order valence-corrected chi connectivity index (χ1v) is 9.40. The Labute approximate surface area is 141 Å². The molecule has 1 rings (SSSR count). The molecule has 1 atom stereocenters. The van der Waals surface area contributed by atoms with E-state index in [0.29, 0.717) is 6.54 Å². The Bertz CT molecular complexity index is 329. The van der Waals surface area contributed by atoms with Crippen molar-refractivity contribution in [3.05, 3.63) is 0 Å². The third kappa shape index (κ3) is 7.08. The van der Waals surface area contributed by atoms with Gasteiger partial charge in [0.15, 0.2) is 0 Å². The highest BCUT2D eigenvalue weighted by Gasteiger charge is 2.37. The molecule has 1 aliphatic carbocycles. The molecule has 1 aliphatic rings. The number of unbranched alkanes of at least 4 members (excludes halogenated alkanes) is 6. The van der Waals surface area contributed by atoms with Crippen LogP contribution in [-0.4, -0.2) is 39.8 Å². The number of aliphatic hydroxyl groups excluding tert-OH is 1. The SMILES string of the molecule is CCCCCCCCCN(C(=O)O)C(O)OC1(CC)CCCC1. The molecule has 1 amide bonds. The van der Waals surface area contributed by atoms with E-state index in [9.17, 15) is 15.0 Å². The molecule has 136 valence electrons. The van der Waals surface area contributed by atoms with Crippen LogP contribution in [0.1, 0.15) is 90.9 Å². The van der Waals surface area contributed by atoms with Gasteiger partial charge < -0.3 is 14.9 Å². The topological polar surface area (TPSA) is 70.0 Å². The van der Waals surface area contributed by atoms with Crippen LogP contribution in [0.4, 0.5) is 4.79 Å². The first-order chi connectivity index (χ1) is 11.0. The fourth-order valence-corrected chi connectivity index (χ4v) is 3.40. The number of hydrogen-bond donors (Lipinski definition) is 2. The van der Waals surface area contributed by atoms with E-state index in [2.05, 4.69) is 6.92 Å². The van der Waals surface area contributed by atoms with Crippen molar-refractivity contribution in [1.29, 1.82) is 0 Å². The lowest BCUT2D eigenvalue weighted by atomic mass is 9.99. The summed E-state index contributed by atoms with van der Waals surface area (Å²) in [6.45, 7) is 4.57. The standard InChI is InChI=1S/C18H35NO4/c1-3-5-6-7-8-9-12-15-19(16(20)21)17(22)23-18(4-2)13-10-11-14-18/h17,22H,3-15H2,1-2H3,(H,20,21). The van der Waals surface area contributed by atoms with Gasteiger partial charge in [0, 0.05) is 6.54 Å². The summed E-state index contributed by atoms with van der Waals surface area (Å²) in [5.41, 5.74) is -0.340. The number of ether oxygens (including phenoxy) is 1. The van der Waals surface area contributed by atoms with Gasteiger partial charge in [0.2, 0.25) is 6.41 Å². The highest BCUT2D eigenvalue weighted by molar-refractivity contribution is 5.64. The van der Waals surface area contributed by atoms with Gasteiger partial charge in [-0.3, -0.25) is 4.90 Å². The molecule has 0 heterocycles. The average molecular weight is 329 g/mol. The molecule has 0 aromatic rings. The molecule has 1 unspecified atom stereocenters. The van der Waals surface area contributed by atoms with E-state index in [1.807, 2.05) is 6.92 Å². The Morgan fingerprint density at radius 3 is 2.17 bits per heavy atom. The van der Waals surface area contributed by atoms with Crippen molar-refractivity contribution in [1.82, 2.24) is 4.90 Å². The zero-order chi connectivity index (χ0) is 17.1. The van der Waals surface area contributed by atoms with Crippen LogP contribution in [0.25, 0.3) is 0 Å². The largest absolute Gasteiger partial charge is 0.465 e. The second-order valence-electron chi connectivity index (χ2n) is 6.79. The van der Waals surface area contributed by atoms with Crippen LogP contribution in [0.5, 0.6) is 0 Å². The number of carboxylic acid groups (broad SMARTS) is 1. The molecule has 5 heteroatoms. The van der Waals surface area contributed by atoms with Crippen molar-refractivity contribution in [2.45, 2.75) is 103 Å². The molecule has 1 fully saturated rings. The van der Waals surface area contributed by atoms with E-state index in [-0.39, 0.29) is 5.60 Å². The minimum atomic E-state index is -1.34. The minimum absolute atomic E-state index is 0.337. The molecule has 0 aliphatic heterocycles. The Balaban J connectivity index is 2.34. The highest BCUT2D eigenvalue weighted by atomic mass is 16.6. The smallest absolute Gasteiger partial charge is 0.411 e. The van der Waals surface area contributed by atoms with Gasteiger partial charge in [-0.25, -0.2) is 4.79 Å². The first-order valence-electron chi connectivity index (χ1n) is 9.40. The van der Waals surface area contributed by atoms with Gasteiger partial charge in [0.05, 0.1) is 5.60 Å². The molecule has 2 N–H and O–H groups in total. The number of rotatable bonds is 12. The molecule has 5 nitrogen and oxygen atoms in total. The molecule has 0 bridgehead atoms. The predicted molar refractivity (Wildman–Crippen MR) is 91.3 cm³/mol. The Morgan fingerprint density at radius 1 is 1.09 bits per heavy atom. The number of nitrogens with zero attached hydrogens (tertiary/aromatic N) is 1. The lowest BCUT2D eigenvalue weighted by Gasteiger charge is -2.34. The second kappa shape index (κ2) is 10.9. The predicted octanol–water partition coefficient (Wildman–Crippen LogP) is 4.73. The summed E-state index contributed by atoms with van der Waals surface area (Å²) in [6.07, 6.45) is 10.2. The van der Waals surface area contributed by atoms with E-state index in [0.717, 1.165) is 56.3 Å². The number of aliphatic hydroxyl groups is 1. The van der Waals surface area contributed by atoms with Crippen LogP contribution in [0.3, 0.4) is 0 Å². The van der Waals surface area contributed by atoms with Gasteiger partial charge in [-0.05, 0) is 25.7 Å². The zero-order valence-electron chi connectivity index (χ0n) is 14.9. The number of carbonyl (C=O) groups is 1. The highest BCUT2D eigenvalue weighted by Crippen LogP contribution is 2.37. The van der Waals surface area contributed by atoms with Crippen molar-refractivity contribution in [2.24, 2.45) is 0 Å². The number of hydrogen-bond acceptors (Lipinski definition) is 3. The Morgan fingerprint density at radius 2 is 1.65 bits per heavy atom. The normalized spacial score (nSPS) is 18.0. The molecule has 23 heavy (non-hydrogen) atoms. The Kier molecular flexibility index (Phi) is 9.56. The third-order valence-corrected chi connectivity index (χ3v) is 5.03. The fourth-order valence-electron chi connectivity index (χ4n) is 3.40. The molecule has 1 saturated carbocycles. The molecule has 0 saturated heterocycles. The third-order valence-electron chi connectivity index (χ3n) is 5.03. The minimum Gasteiger partial charge on any atom is -0.465 e. The van der Waals surface area contributed by atoms with Crippen molar-refractivity contribution in [3.8, 4) is 0 Å². The van der Waals surface area contributed by atoms with Gasteiger partial charge >= 0.3 is 6.09 Å². The maximum absolute atomic E-state index is 11.4. The van der Waals surface area contributed by atoms with Gasteiger partial charge in [0.25, 0.3) is 0 Å². The van der Waals surface area contributed by atoms with E-state index >= 15 is 0 Å². The lowest BCUT2D eigenvalue weighted by Crippen LogP contribution is -2.46. The van der Waals surface area contributed by atoms with Crippen LogP contribution in [0.15, 0.2) is 0 Å². The summed E-state index contributed by atoms with van der Waals surface area (Å²) in [4.78, 5) is 12.4. The molecule has 0 aromatic heterocycles. The van der Waals surface area contributed by atoms with E-state index < -0.39 is 12.5 Å². The van der Waals surface area contributed by atoms with Crippen LogP contribution >= 0.6 is 0 Å². The molecule has 0 aromatic carbocycles. The maximum atomic E-state index is 11.4. The van der Waals surface area contributed by atoms with Crippen molar-refractivity contribution in [3.63, 3.8) is 0 Å². The summed E-state index contributed by atoms with van der Waals surface area (Å²) in [5, 5.41) is 19.6. The quantitative estimate of drug-likeness (QED) is 0.401. The van der Waals surface area contributed by atoms with Crippen molar-refractivity contribution >= 4 is 6.09 Å². The molecular weight excluding hydrogens is 294 g/mol. The van der Waals surface area contributed by atoms with E-state index in [1.165, 1.54) is 25.7 Å². The van der Waals surface area contributed by atoms with Gasteiger partial charge in [-0.1, -0.05) is 65.2 Å². The van der Waals surface area contributed by atoms with Crippen LogP contribution in [0.2, 0.25) is 0 Å². The van der Waals surface area contributed by atoms with Gasteiger partial charge in [-0.15, -0.1) is 0 Å². The van der Waals surface area contributed by atoms with Crippen molar-refractivity contribution < 1.29 is 19.7 Å². The summed E-state index contributed by atoms with van der Waals surface area (Å²) in [7, 11) is 0. The van der Waals surface area contributed by atoms with Crippen LogP contribution in [-0.2, 0) is 4.74 Å². The van der Waals surface area contributed by atoms with E-state index in [4.69, 9.17) is 4.74 Å². The maximum Gasteiger partial charge on any atom is 0.411 e. The monoisotopic (exact) mass is 329 g/mol. The first kappa shape index (κ1) is 20.2. The summed E-state index contributed by atoms with van der Waals surface area (Å²) in [6, 6.07) is 0. The second-order valence-corrected chi connectivity index (χ2v) is 6.79. The van der Waals surface area contributed by atoms with Gasteiger partial charge in [-0.2, -0.15) is 0 Å². The van der Waals surface area contributed by atoms with Gasteiger partial charge in [0.1, 0.15) is 0 Å². The molecule has 0 spiro atoms. The van der Waals surface area contributed by atoms with Crippen LogP contribution in [0, 0.1) is 0 Å². The fraction of sp³-hybridized carbons (Fsp3) is 0.944. The van der Waals surface area contributed by atoms with Crippen LogP contribution < -0.4 is 0 Å². The lowest BCUT2D eigenvalue weighted by molar-refractivity contribution is -0.241. The number of amides is 1. The summed E-state index contributed by atoms with van der Waals surface area (Å²) >= 11 is 0. The average Bonchev–Trinajstić information content (AvgIpc) is 2.98. The van der Waals surface area contributed by atoms with E-state index in [1.54, 1.807) is 0 Å². The van der Waals surface area contributed by atoms with Crippen molar-refractivity contribution in [2.75, 3.05) is 6.54 Å². The Hall–Kier alpha value is -0.810. The molecule has 0 radical (unpaired) electrons. The summed E-state index contributed by atoms with van der Waals surface area (Å²) < 4.78 is 5.78. The molecular formula is C18H35NO4. The zero-order valence-corrected chi connectivity index (χ0v) is 14.9.